The van der Waals surface area contributed by atoms with Crippen LogP contribution in [0.5, 0.6) is 11.5 Å². The molecule has 0 saturated carbocycles. The molecule has 0 aliphatic rings. The van der Waals surface area contributed by atoms with E-state index in [0.29, 0.717) is 28.5 Å². The normalized spacial score (nSPS) is 12.0. The molecule has 0 saturated heterocycles. The summed E-state index contributed by atoms with van der Waals surface area (Å²) in [5.74, 6) is 0.760. The highest BCUT2D eigenvalue weighted by Gasteiger charge is 2.15. The first kappa shape index (κ1) is 15.6. The SMILES string of the molecule is COc1ccc(C(N)Cc2cc(Cl)ccc2OC)c(F)c1. The second-order valence-corrected chi connectivity index (χ2v) is 5.09. The van der Waals surface area contributed by atoms with Crippen molar-refractivity contribution >= 4 is 11.6 Å². The predicted molar refractivity (Wildman–Crippen MR) is 81.6 cm³/mol. The van der Waals surface area contributed by atoms with Crippen LogP contribution in [0.2, 0.25) is 5.02 Å². The molecule has 2 aromatic carbocycles. The Morgan fingerprint density at radius 2 is 1.90 bits per heavy atom. The monoisotopic (exact) mass is 309 g/mol. The standard InChI is InChI=1S/C16H17ClFNO2/c1-20-12-4-5-13(14(18)9-12)15(19)8-10-7-11(17)3-6-16(10)21-2/h3-7,9,15H,8,19H2,1-2H3. The lowest BCUT2D eigenvalue weighted by atomic mass is 9.98. The Bertz CT molecular complexity index is 634. The van der Waals surface area contributed by atoms with Gasteiger partial charge in [-0.3, -0.25) is 0 Å². The Morgan fingerprint density at radius 3 is 2.52 bits per heavy atom. The van der Waals surface area contributed by atoms with Crippen molar-refractivity contribution in [3.8, 4) is 11.5 Å². The third-order valence-electron chi connectivity index (χ3n) is 3.29. The van der Waals surface area contributed by atoms with Crippen molar-refractivity contribution in [2.24, 2.45) is 5.73 Å². The molecule has 3 nitrogen and oxygen atoms in total. The first-order valence-corrected chi connectivity index (χ1v) is 6.84. The van der Waals surface area contributed by atoms with Crippen molar-refractivity contribution in [2.45, 2.75) is 12.5 Å². The average molecular weight is 310 g/mol. The maximum atomic E-state index is 14.0. The minimum Gasteiger partial charge on any atom is -0.497 e. The van der Waals surface area contributed by atoms with Crippen LogP contribution in [0, 0.1) is 5.82 Å². The van der Waals surface area contributed by atoms with Crippen molar-refractivity contribution in [1.82, 2.24) is 0 Å². The zero-order valence-corrected chi connectivity index (χ0v) is 12.7. The van der Waals surface area contributed by atoms with E-state index in [1.54, 1.807) is 37.4 Å². The Balaban J connectivity index is 2.25. The highest BCUT2D eigenvalue weighted by molar-refractivity contribution is 6.30. The molecule has 0 aliphatic carbocycles. The Morgan fingerprint density at radius 1 is 1.14 bits per heavy atom. The van der Waals surface area contributed by atoms with E-state index in [0.717, 1.165) is 5.56 Å². The molecule has 1 unspecified atom stereocenters. The predicted octanol–water partition coefficient (Wildman–Crippen LogP) is 3.74. The first-order chi connectivity index (χ1) is 10.0. The minimum atomic E-state index is -0.497. The number of benzene rings is 2. The maximum Gasteiger partial charge on any atom is 0.131 e. The van der Waals surface area contributed by atoms with Gasteiger partial charge in [-0.25, -0.2) is 4.39 Å². The van der Waals surface area contributed by atoms with Gasteiger partial charge < -0.3 is 15.2 Å². The van der Waals surface area contributed by atoms with Crippen LogP contribution in [0.15, 0.2) is 36.4 Å². The smallest absolute Gasteiger partial charge is 0.131 e. The van der Waals surface area contributed by atoms with Crippen molar-refractivity contribution in [1.29, 1.82) is 0 Å². The summed E-state index contributed by atoms with van der Waals surface area (Å²) in [7, 11) is 3.07. The molecule has 0 heterocycles. The number of halogens is 2. The fourth-order valence-corrected chi connectivity index (χ4v) is 2.38. The lowest BCUT2D eigenvalue weighted by Crippen LogP contribution is -2.15. The van der Waals surface area contributed by atoms with Crippen LogP contribution in [-0.4, -0.2) is 14.2 Å². The van der Waals surface area contributed by atoms with E-state index < -0.39 is 6.04 Å². The molecule has 0 fully saturated rings. The van der Waals surface area contributed by atoms with E-state index >= 15 is 0 Å². The number of hydrogen-bond donors (Lipinski definition) is 1. The summed E-state index contributed by atoms with van der Waals surface area (Å²) in [6.45, 7) is 0. The fourth-order valence-electron chi connectivity index (χ4n) is 2.19. The number of rotatable bonds is 5. The van der Waals surface area contributed by atoms with Gasteiger partial charge in [-0.15, -0.1) is 0 Å². The summed E-state index contributed by atoms with van der Waals surface area (Å²) in [5.41, 5.74) is 7.38. The lowest BCUT2D eigenvalue weighted by Gasteiger charge is -2.16. The van der Waals surface area contributed by atoms with Crippen molar-refractivity contribution in [3.05, 3.63) is 58.4 Å². The van der Waals surface area contributed by atoms with Crippen LogP contribution in [0.1, 0.15) is 17.2 Å². The van der Waals surface area contributed by atoms with Gasteiger partial charge in [0, 0.05) is 22.7 Å². The molecular formula is C16H17ClFNO2. The summed E-state index contributed by atoms with van der Waals surface area (Å²) in [5, 5.41) is 0.591. The van der Waals surface area contributed by atoms with Crippen molar-refractivity contribution in [2.75, 3.05) is 14.2 Å². The quantitative estimate of drug-likeness (QED) is 0.915. The maximum absolute atomic E-state index is 14.0. The van der Waals surface area contributed by atoms with Gasteiger partial charge in [-0.1, -0.05) is 17.7 Å². The second-order valence-electron chi connectivity index (χ2n) is 4.65. The topological polar surface area (TPSA) is 44.5 Å². The molecule has 0 aromatic heterocycles. The number of hydrogen-bond acceptors (Lipinski definition) is 3. The number of methoxy groups -OCH3 is 2. The lowest BCUT2D eigenvalue weighted by molar-refractivity contribution is 0.406. The van der Waals surface area contributed by atoms with Gasteiger partial charge in [0.2, 0.25) is 0 Å². The van der Waals surface area contributed by atoms with E-state index in [1.807, 2.05) is 0 Å². The van der Waals surface area contributed by atoms with Crippen LogP contribution in [0.3, 0.4) is 0 Å². The van der Waals surface area contributed by atoms with Gasteiger partial charge in [0.05, 0.1) is 14.2 Å². The molecule has 2 aromatic rings. The zero-order chi connectivity index (χ0) is 15.4. The highest BCUT2D eigenvalue weighted by Crippen LogP contribution is 2.28. The van der Waals surface area contributed by atoms with Crippen molar-refractivity contribution < 1.29 is 13.9 Å². The van der Waals surface area contributed by atoms with Crippen molar-refractivity contribution in [3.63, 3.8) is 0 Å². The molecule has 1 atom stereocenters. The first-order valence-electron chi connectivity index (χ1n) is 6.46. The molecule has 5 heteroatoms. The molecule has 21 heavy (non-hydrogen) atoms. The van der Waals surface area contributed by atoms with Crippen LogP contribution >= 0.6 is 11.6 Å². The van der Waals surface area contributed by atoms with E-state index in [9.17, 15) is 4.39 Å². The highest BCUT2D eigenvalue weighted by atomic mass is 35.5. The summed E-state index contributed by atoms with van der Waals surface area (Å²) in [6, 6.07) is 9.44. The number of nitrogens with two attached hydrogens (primary N) is 1. The van der Waals surface area contributed by atoms with E-state index in [-0.39, 0.29) is 5.82 Å². The third-order valence-corrected chi connectivity index (χ3v) is 3.52. The van der Waals surface area contributed by atoms with E-state index in [4.69, 9.17) is 26.8 Å². The average Bonchev–Trinajstić information content (AvgIpc) is 2.47. The van der Waals surface area contributed by atoms with Crippen LogP contribution < -0.4 is 15.2 Å². The van der Waals surface area contributed by atoms with Crippen LogP contribution in [-0.2, 0) is 6.42 Å². The summed E-state index contributed by atoms with van der Waals surface area (Å²) in [6.07, 6.45) is 0.424. The molecule has 112 valence electrons. The second kappa shape index (κ2) is 6.78. The van der Waals surface area contributed by atoms with Crippen LogP contribution in [0.25, 0.3) is 0 Å². The van der Waals surface area contributed by atoms with E-state index in [1.165, 1.54) is 13.2 Å². The van der Waals surface area contributed by atoms with Crippen LogP contribution in [0.4, 0.5) is 4.39 Å². The Hall–Kier alpha value is -1.78. The zero-order valence-electron chi connectivity index (χ0n) is 11.9. The molecular weight excluding hydrogens is 293 g/mol. The van der Waals surface area contributed by atoms with Gasteiger partial charge in [-0.2, -0.15) is 0 Å². The molecule has 2 rings (SSSR count). The van der Waals surface area contributed by atoms with Gasteiger partial charge in [-0.05, 0) is 36.2 Å². The summed E-state index contributed by atoms with van der Waals surface area (Å²) >= 11 is 5.99. The van der Waals surface area contributed by atoms with Gasteiger partial charge in [0.1, 0.15) is 17.3 Å². The Labute approximate surface area is 128 Å². The molecule has 0 spiro atoms. The molecule has 0 bridgehead atoms. The van der Waals surface area contributed by atoms with E-state index in [2.05, 4.69) is 0 Å². The largest absolute Gasteiger partial charge is 0.497 e. The molecule has 2 N–H and O–H groups in total. The Kier molecular flexibility index (Phi) is 5.04. The van der Waals surface area contributed by atoms with Gasteiger partial charge in [0.15, 0.2) is 0 Å². The number of ether oxygens (including phenoxy) is 2. The van der Waals surface area contributed by atoms with Gasteiger partial charge >= 0.3 is 0 Å². The molecule has 0 amide bonds. The summed E-state index contributed by atoms with van der Waals surface area (Å²) in [4.78, 5) is 0. The molecule has 0 radical (unpaired) electrons. The molecule has 0 aliphatic heterocycles. The summed E-state index contributed by atoms with van der Waals surface area (Å²) < 4.78 is 24.3. The van der Waals surface area contributed by atoms with Gasteiger partial charge in [0.25, 0.3) is 0 Å². The minimum absolute atomic E-state index is 0.386. The fraction of sp³-hybridized carbons (Fsp3) is 0.250. The third kappa shape index (κ3) is 3.65.